The van der Waals surface area contributed by atoms with Gasteiger partial charge in [-0.2, -0.15) is 0 Å². The van der Waals surface area contributed by atoms with Gasteiger partial charge in [-0.15, -0.1) is 0 Å². The number of carbonyl (C=O) groups excluding carboxylic acids is 2. The van der Waals surface area contributed by atoms with Gasteiger partial charge in [-0.3, -0.25) is 14.5 Å². The Kier molecular flexibility index (Phi) is 5.58. The number of hydrogen-bond acceptors (Lipinski definition) is 4. The molecule has 1 N–H and O–H groups in total. The smallest absolute Gasteiger partial charge is 0.242 e. The molecular formula is C15H27N3O3. The van der Waals surface area contributed by atoms with Crippen LogP contribution in [0, 0.1) is 0 Å². The summed E-state index contributed by atoms with van der Waals surface area (Å²) in [4.78, 5) is 30.0. The number of aliphatic hydroxyl groups is 1. The van der Waals surface area contributed by atoms with Crippen molar-refractivity contribution in [2.24, 2.45) is 0 Å². The van der Waals surface area contributed by atoms with Crippen LogP contribution < -0.4 is 0 Å². The van der Waals surface area contributed by atoms with Crippen LogP contribution in [0.2, 0.25) is 0 Å². The van der Waals surface area contributed by atoms with E-state index < -0.39 is 0 Å². The molecule has 120 valence electrons. The van der Waals surface area contributed by atoms with Gasteiger partial charge in [0.15, 0.2) is 0 Å². The minimum Gasteiger partial charge on any atom is -0.395 e. The normalized spacial score (nSPS) is 26.8. The maximum Gasteiger partial charge on any atom is 0.242 e. The quantitative estimate of drug-likeness (QED) is 0.770. The first-order valence-electron chi connectivity index (χ1n) is 7.93. The largest absolute Gasteiger partial charge is 0.395 e. The third kappa shape index (κ3) is 3.74. The van der Waals surface area contributed by atoms with Crippen LogP contribution in [-0.4, -0.2) is 83.5 Å². The van der Waals surface area contributed by atoms with Gasteiger partial charge in [0, 0.05) is 38.1 Å². The molecule has 0 aromatic heterocycles. The molecule has 0 saturated carbocycles. The van der Waals surface area contributed by atoms with E-state index in [2.05, 4.69) is 11.8 Å². The van der Waals surface area contributed by atoms with E-state index in [0.29, 0.717) is 19.5 Å². The number of nitrogens with zero attached hydrogens (tertiary/aromatic N) is 3. The first kappa shape index (κ1) is 16.2. The van der Waals surface area contributed by atoms with Crippen LogP contribution in [0.3, 0.4) is 0 Å². The zero-order valence-electron chi connectivity index (χ0n) is 13.1. The van der Waals surface area contributed by atoms with Crippen molar-refractivity contribution in [3.63, 3.8) is 0 Å². The van der Waals surface area contributed by atoms with Crippen molar-refractivity contribution in [1.29, 1.82) is 0 Å². The third-order valence-electron chi connectivity index (χ3n) is 4.80. The Bertz CT molecular complexity index is 388. The van der Waals surface area contributed by atoms with Crippen molar-refractivity contribution >= 4 is 11.8 Å². The van der Waals surface area contributed by atoms with E-state index in [1.54, 1.807) is 4.90 Å². The number of aliphatic hydroxyl groups excluding tert-OH is 1. The SMILES string of the molecule is C[C@@H]1[C@H](N(C)CCO)CCN1C(=O)CN1CCCCC1=O. The minimum absolute atomic E-state index is 0.0534. The van der Waals surface area contributed by atoms with Crippen LogP contribution in [-0.2, 0) is 9.59 Å². The molecule has 0 unspecified atom stereocenters. The van der Waals surface area contributed by atoms with Gasteiger partial charge in [-0.1, -0.05) is 0 Å². The molecule has 0 aromatic rings. The second kappa shape index (κ2) is 7.22. The maximum absolute atomic E-state index is 12.5. The van der Waals surface area contributed by atoms with E-state index >= 15 is 0 Å². The molecule has 6 nitrogen and oxygen atoms in total. The predicted molar refractivity (Wildman–Crippen MR) is 79.7 cm³/mol. The number of rotatable bonds is 5. The number of hydrogen-bond donors (Lipinski definition) is 1. The average Bonchev–Trinajstić information content (AvgIpc) is 2.83. The molecule has 6 heteroatoms. The molecule has 2 rings (SSSR count). The highest BCUT2D eigenvalue weighted by molar-refractivity contribution is 5.85. The second-order valence-electron chi connectivity index (χ2n) is 6.16. The molecule has 0 aromatic carbocycles. The lowest BCUT2D eigenvalue weighted by atomic mass is 10.1. The molecule has 0 aliphatic carbocycles. The van der Waals surface area contributed by atoms with E-state index in [0.717, 1.165) is 25.8 Å². The van der Waals surface area contributed by atoms with E-state index in [1.165, 1.54) is 0 Å². The molecule has 21 heavy (non-hydrogen) atoms. The summed E-state index contributed by atoms with van der Waals surface area (Å²) in [6.45, 7) is 4.49. The Balaban J connectivity index is 1.89. The van der Waals surface area contributed by atoms with Gasteiger partial charge in [-0.05, 0) is 33.2 Å². The number of amides is 2. The summed E-state index contributed by atoms with van der Waals surface area (Å²) in [7, 11) is 1.99. The van der Waals surface area contributed by atoms with Crippen molar-refractivity contribution in [3.8, 4) is 0 Å². The fraction of sp³-hybridized carbons (Fsp3) is 0.867. The Hall–Kier alpha value is -1.14. The second-order valence-corrected chi connectivity index (χ2v) is 6.16. The average molecular weight is 297 g/mol. The summed E-state index contributed by atoms with van der Waals surface area (Å²) < 4.78 is 0. The maximum atomic E-state index is 12.5. The molecule has 2 aliphatic heterocycles. The van der Waals surface area contributed by atoms with Crippen LogP contribution in [0.25, 0.3) is 0 Å². The monoisotopic (exact) mass is 297 g/mol. The molecule has 2 atom stereocenters. The minimum atomic E-state index is 0.0534. The number of carbonyl (C=O) groups is 2. The summed E-state index contributed by atoms with van der Waals surface area (Å²) >= 11 is 0. The molecule has 2 amide bonds. The molecule has 2 saturated heterocycles. The van der Waals surface area contributed by atoms with Crippen molar-refractivity contribution in [3.05, 3.63) is 0 Å². The zero-order chi connectivity index (χ0) is 15.4. The summed E-state index contributed by atoms with van der Waals surface area (Å²) in [5.41, 5.74) is 0. The van der Waals surface area contributed by atoms with Gasteiger partial charge in [0.2, 0.25) is 11.8 Å². The Labute approximate surface area is 126 Å². The Morgan fingerprint density at radius 3 is 2.81 bits per heavy atom. The van der Waals surface area contributed by atoms with Crippen LogP contribution in [0.4, 0.5) is 0 Å². The lowest BCUT2D eigenvalue weighted by molar-refractivity contribution is -0.142. The highest BCUT2D eigenvalue weighted by atomic mass is 16.3. The van der Waals surface area contributed by atoms with Gasteiger partial charge in [0.1, 0.15) is 0 Å². The zero-order valence-corrected chi connectivity index (χ0v) is 13.1. The lowest BCUT2D eigenvalue weighted by Crippen LogP contribution is -2.48. The van der Waals surface area contributed by atoms with E-state index in [4.69, 9.17) is 5.11 Å². The number of piperidine rings is 1. The van der Waals surface area contributed by atoms with Crippen molar-refractivity contribution in [2.75, 3.05) is 39.8 Å². The van der Waals surface area contributed by atoms with Crippen LogP contribution in [0.15, 0.2) is 0 Å². The molecule has 0 bridgehead atoms. The summed E-state index contributed by atoms with van der Waals surface area (Å²) in [6, 6.07) is 0.423. The summed E-state index contributed by atoms with van der Waals surface area (Å²) in [6.07, 6.45) is 3.44. The standard InChI is InChI=1S/C15H27N3O3/c1-12-13(16(2)9-10-19)6-8-18(12)15(21)11-17-7-4-3-5-14(17)20/h12-13,19H,3-11H2,1-2H3/t12-,13-/m1/s1. The van der Waals surface area contributed by atoms with Gasteiger partial charge in [-0.25, -0.2) is 0 Å². The van der Waals surface area contributed by atoms with Gasteiger partial charge >= 0.3 is 0 Å². The molecule has 0 spiro atoms. The molecular weight excluding hydrogens is 270 g/mol. The highest BCUT2D eigenvalue weighted by Gasteiger charge is 2.36. The first-order chi connectivity index (χ1) is 10.0. The predicted octanol–water partition coefficient (Wildman–Crippen LogP) is -0.0876. The third-order valence-corrected chi connectivity index (χ3v) is 4.80. The Morgan fingerprint density at radius 1 is 1.38 bits per heavy atom. The summed E-state index contributed by atoms with van der Waals surface area (Å²) in [5, 5.41) is 9.04. The number of likely N-dealkylation sites (tertiary alicyclic amines) is 2. The van der Waals surface area contributed by atoms with Crippen molar-refractivity contribution in [1.82, 2.24) is 14.7 Å². The molecule has 2 aliphatic rings. The number of likely N-dealkylation sites (N-methyl/N-ethyl adjacent to an activating group) is 1. The van der Waals surface area contributed by atoms with Gasteiger partial charge in [0.25, 0.3) is 0 Å². The fourth-order valence-corrected chi connectivity index (χ4v) is 3.47. The van der Waals surface area contributed by atoms with E-state index in [-0.39, 0.29) is 37.0 Å². The highest BCUT2D eigenvalue weighted by Crippen LogP contribution is 2.22. The first-order valence-corrected chi connectivity index (χ1v) is 7.93. The summed E-state index contributed by atoms with van der Waals surface area (Å²) in [5.74, 6) is 0.160. The van der Waals surface area contributed by atoms with Crippen LogP contribution in [0.1, 0.15) is 32.6 Å². The fourth-order valence-electron chi connectivity index (χ4n) is 3.47. The van der Waals surface area contributed by atoms with Crippen molar-refractivity contribution < 1.29 is 14.7 Å². The lowest BCUT2D eigenvalue weighted by Gasteiger charge is -2.32. The molecule has 0 radical (unpaired) electrons. The van der Waals surface area contributed by atoms with E-state index in [9.17, 15) is 9.59 Å². The molecule has 2 fully saturated rings. The molecule has 2 heterocycles. The van der Waals surface area contributed by atoms with Crippen molar-refractivity contribution in [2.45, 2.75) is 44.7 Å². The van der Waals surface area contributed by atoms with Gasteiger partial charge < -0.3 is 14.9 Å². The Morgan fingerprint density at radius 2 is 2.14 bits per heavy atom. The van der Waals surface area contributed by atoms with E-state index in [1.807, 2.05) is 11.9 Å². The van der Waals surface area contributed by atoms with Crippen LogP contribution >= 0.6 is 0 Å². The van der Waals surface area contributed by atoms with Gasteiger partial charge in [0.05, 0.1) is 13.2 Å². The van der Waals surface area contributed by atoms with Crippen LogP contribution in [0.5, 0.6) is 0 Å². The topological polar surface area (TPSA) is 64.1 Å².